The maximum Gasteiger partial charge on any atom is 0.410 e. The molecular formula is C17H21NO7. The molecule has 1 saturated heterocycles. The van der Waals surface area contributed by atoms with Crippen molar-refractivity contribution < 1.29 is 34.0 Å². The Morgan fingerprint density at radius 2 is 1.96 bits per heavy atom. The number of hydrogen-bond donors (Lipinski definition) is 2. The van der Waals surface area contributed by atoms with Crippen molar-refractivity contribution in [3.05, 3.63) is 23.3 Å². The fourth-order valence-corrected chi connectivity index (χ4v) is 2.86. The molecule has 1 spiro atoms. The van der Waals surface area contributed by atoms with Gasteiger partial charge in [-0.3, -0.25) is 4.90 Å². The summed E-state index contributed by atoms with van der Waals surface area (Å²) in [6.45, 7) is 5.81. The maximum absolute atomic E-state index is 12.0. The van der Waals surface area contributed by atoms with Crippen LogP contribution in [0.15, 0.2) is 12.1 Å². The van der Waals surface area contributed by atoms with Crippen molar-refractivity contribution in [3.63, 3.8) is 0 Å². The van der Waals surface area contributed by atoms with Gasteiger partial charge in [-0.2, -0.15) is 0 Å². The SMILES string of the molecule is CC(C)(C)OC(=O)N1CC2(COc3cc(C(=O)O)c(CO)cc3O2)C1. The first kappa shape index (κ1) is 17.3. The van der Waals surface area contributed by atoms with E-state index in [-0.39, 0.29) is 17.7 Å². The number of carbonyl (C=O) groups excluding carboxylic acids is 1. The van der Waals surface area contributed by atoms with Crippen molar-refractivity contribution in [3.8, 4) is 11.5 Å². The van der Waals surface area contributed by atoms with Gasteiger partial charge in [0, 0.05) is 0 Å². The van der Waals surface area contributed by atoms with Crippen LogP contribution >= 0.6 is 0 Å². The lowest BCUT2D eigenvalue weighted by Crippen LogP contribution is -2.70. The quantitative estimate of drug-likeness (QED) is 0.834. The molecule has 8 nitrogen and oxygen atoms in total. The second-order valence-corrected chi connectivity index (χ2v) is 7.33. The Kier molecular flexibility index (Phi) is 4.03. The first-order valence-corrected chi connectivity index (χ1v) is 7.93. The number of nitrogens with zero attached hydrogens (tertiary/aromatic N) is 1. The van der Waals surface area contributed by atoms with Gasteiger partial charge in [0.05, 0.1) is 25.3 Å². The molecule has 2 N–H and O–H groups in total. The molecule has 8 heteroatoms. The third kappa shape index (κ3) is 3.34. The zero-order chi connectivity index (χ0) is 18.4. The Labute approximate surface area is 144 Å². The van der Waals surface area contributed by atoms with E-state index < -0.39 is 29.9 Å². The van der Waals surface area contributed by atoms with Crippen LogP contribution in [-0.2, 0) is 11.3 Å². The van der Waals surface area contributed by atoms with E-state index >= 15 is 0 Å². The summed E-state index contributed by atoms with van der Waals surface area (Å²) in [5.41, 5.74) is -1.03. The molecule has 0 unspecified atom stereocenters. The maximum atomic E-state index is 12.0. The average molecular weight is 351 g/mol. The van der Waals surface area contributed by atoms with E-state index in [4.69, 9.17) is 14.2 Å². The lowest BCUT2D eigenvalue weighted by Gasteiger charge is -2.50. The van der Waals surface area contributed by atoms with E-state index in [0.717, 1.165) is 0 Å². The first-order chi connectivity index (χ1) is 11.6. The Hall–Kier alpha value is -2.48. The van der Waals surface area contributed by atoms with E-state index in [0.29, 0.717) is 24.6 Å². The van der Waals surface area contributed by atoms with Gasteiger partial charge in [0.2, 0.25) is 0 Å². The van der Waals surface area contributed by atoms with E-state index in [1.807, 2.05) is 0 Å². The Balaban J connectivity index is 1.73. The average Bonchev–Trinajstić information content (AvgIpc) is 2.48. The van der Waals surface area contributed by atoms with Crippen LogP contribution in [0.2, 0.25) is 0 Å². The van der Waals surface area contributed by atoms with Crippen molar-refractivity contribution in [1.29, 1.82) is 0 Å². The summed E-state index contributed by atoms with van der Waals surface area (Å²) in [4.78, 5) is 24.8. The van der Waals surface area contributed by atoms with Crippen LogP contribution < -0.4 is 9.47 Å². The largest absolute Gasteiger partial charge is 0.485 e. The van der Waals surface area contributed by atoms with Gasteiger partial charge in [-0.05, 0) is 38.5 Å². The number of likely N-dealkylation sites (tertiary alicyclic amines) is 1. The van der Waals surface area contributed by atoms with Crippen LogP contribution in [0, 0.1) is 0 Å². The summed E-state index contributed by atoms with van der Waals surface area (Å²) in [5.74, 6) is -0.462. The Bertz CT molecular complexity index is 716. The van der Waals surface area contributed by atoms with Gasteiger partial charge in [-0.25, -0.2) is 9.59 Å². The molecule has 0 bridgehead atoms. The minimum atomic E-state index is -1.14. The zero-order valence-corrected chi connectivity index (χ0v) is 14.4. The molecule has 2 heterocycles. The van der Waals surface area contributed by atoms with Crippen LogP contribution in [0.1, 0.15) is 36.7 Å². The molecule has 136 valence electrons. The summed E-state index contributed by atoms with van der Waals surface area (Å²) in [5, 5.41) is 18.5. The summed E-state index contributed by atoms with van der Waals surface area (Å²) >= 11 is 0. The number of hydrogen-bond acceptors (Lipinski definition) is 6. The van der Waals surface area contributed by atoms with E-state index in [9.17, 15) is 19.8 Å². The first-order valence-electron chi connectivity index (χ1n) is 7.93. The minimum Gasteiger partial charge on any atom is -0.485 e. The number of carboxylic acids is 1. The van der Waals surface area contributed by atoms with Crippen LogP contribution in [0.3, 0.4) is 0 Å². The molecule has 0 radical (unpaired) electrons. The molecule has 3 rings (SSSR count). The highest BCUT2D eigenvalue weighted by Gasteiger charge is 2.51. The second kappa shape index (κ2) is 5.80. The summed E-state index contributed by atoms with van der Waals surface area (Å²) in [6.07, 6.45) is -0.412. The fraction of sp³-hybridized carbons (Fsp3) is 0.529. The number of carbonyl (C=O) groups is 2. The standard InChI is InChI=1S/C17H21NO7/c1-16(2,3)25-15(22)18-7-17(8-18)9-23-12-5-11(14(20)21)10(6-19)4-13(12)24-17/h4-5,19H,6-9H2,1-3H3,(H,20,21). The Morgan fingerprint density at radius 1 is 1.28 bits per heavy atom. The predicted octanol–water partition coefficient (Wildman–Crippen LogP) is 1.64. The summed E-state index contributed by atoms with van der Waals surface area (Å²) in [6, 6.07) is 2.82. The molecule has 0 aliphatic carbocycles. The lowest BCUT2D eigenvalue weighted by molar-refractivity contribution is -0.114. The number of benzene rings is 1. The number of fused-ring (bicyclic) bond motifs is 1. The fourth-order valence-electron chi connectivity index (χ4n) is 2.86. The van der Waals surface area contributed by atoms with Gasteiger partial charge >= 0.3 is 12.1 Å². The third-order valence-corrected chi connectivity index (χ3v) is 4.00. The highest BCUT2D eigenvalue weighted by molar-refractivity contribution is 5.90. The number of amides is 1. The minimum absolute atomic E-state index is 0.0233. The number of aromatic carboxylic acids is 1. The van der Waals surface area contributed by atoms with Crippen LogP contribution in [0.4, 0.5) is 4.79 Å². The molecular weight excluding hydrogens is 330 g/mol. The molecule has 2 aliphatic rings. The normalized spacial score (nSPS) is 17.8. The monoisotopic (exact) mass is 351 g/mol. The summed E-state index contributed by atoms with van der Waals surface area (Å²) in [7, 11) is 0. The van der Waals surface area contributed by atoms with Gasteiger partial charge in [-0.15, -0.1) is 0 Å². The van der Waals surface area contributed by atoms with Gasteiger partial charge < -0.3 is 24.4 Å². The molecule has 1 aromatic carbocycles. The van der Waals surface area contributed by atoms with Gasteiger partial charge in [0.15, 0.2) is 17.1 Å². The highest BCUT2D eigenvalue weighted by Crippen LogP contribution is 2.41. The number of carboxylic acid groups (broad SMARTS) is 1. The van der Waals surface area contributed by atoms with E-state index in [1.54, 1.807) is 20.8 Å². The van der Waals surface area contributed by atoms with Crippen molar-refractivity contribution in [2.75, 3.05) is 19.7 Å². The van der Waals surface area contributed by atoms with Gasteiger partial charge in [0.1, 0.15) is 12.2 Å². The molecule has 1 aromatic rings. The third-order valence-electron chi connectivity index (χ3n) is 4.00. The van der Waals surface area contributed by atoms with Gasteiger partial charge in [0.25, 0.3) is 0 Å². The van der Waals surface area contributed by atoms with E-state index in [2.05, 4.69) is 0 Å². The molecule has 0 aromatic heterocycles. The topological polar surface area (TPSA) is 106 Å². The smallest absolute Gasteiger partial charge is 0.410 e. The number of ether oxygens (including phenoxy) is 3. The van der Waals surface area contributed by atoms with Crippen molar-refractivity contribution in [2.24, 2.45) is 0 Å². The highest BCUT2D eigenvalue weighted by atomic mass is 16.6. The van der Waals surface area contributed by atoms with Gasteiger partial charge in [-0.1, -0.05) is 0 Å². The van der Waals surface area contributed by atoms with Crippen LogP contribution in [0.5, 0.6) is 11.5 Å². The number of aliphatic hydroxyl groups excluding tert-OH is 1. The lowest BCUT2D eigenvalue weighted by atomic mass is 9.94. The molecule has 2 aliphatic heterocycles. The summed E-state index contributed by atoms with van der Waals surface area (Å²) < 4.78 is 16.9. The van der Waals surface area contributed by atoms with E-state index in [1.165, 1.54) is 17.0 Å². The molecule has 0 atom stereocenters. The molecule has 25 heavy (non-hydrogen) atoms. The molecule has 1 amide bonds. The van der Waals surface area contributed by atoms with Crippen molar-refractivity contribution >= 4 is 12.1 Å². The number of aliphatic hydroxyl groups is 1. The van der Waals surface area contributed by atoms with Crippen LogP contribution in [-0.4, -0.2) is 58.1 Å². The Morgan fingerprint density at radius 3 is 2.52 bits per heavy atom. The predicted molar refractivity (Wildman–Crippen MR) is 86.0 cm³/mol. The van der Waals surface area contributed by atoms with Crippen LogP contribution in [0.25, 0.3) is 0 Å². The van der Waals surface area contributed by atoms with Crippen molar-refractivity contribution in [2.45, 2.75) is 38.6 Å². The van der Waals surface area contributed by atoms with Crippen molar-refractivity contribution in [1.82, 2.24) is 4.90 Å². The molecule has 0 saturated carbocycles. The number of rotatable bonds is 2. The molecule has 1 fully saturated rings. The zero-order valence-electron chi connectivity index (χ0n) is 14.4. The second-order valence-electron chi connectivity index (χ2n) is 7.33.